The van der Waals surface area contributed by atoms with Crippen molar-refractivity contribution in [2.75, 3.05) is 18.9 Å². The minimum absolute atomic E-state index is 0.0375. The maximum Gasteiger partial charge on any atom is 0.227 e. The number of rotatable bonds is 5. The number of pyridine rings is 1. The van der Waals surface area contributed by atoms with Crippen LogP contribution >= 0.6 is 12.2 Å². The third kappa shape index (κ3) is 3.89. The normalized spacial score (nSPS) is 10.9. The van der Waals surface area contributed by atoms with Gasteiger partial charge in [0.25, 0.3) is 0 Å². The van der Waals surface area contributed by atoms with E-state index in [1.165, 1.54) is 0 Å². The Bertz CT molecular complexity index is 499. The van der Waals surface area contributed by atoms with Crippen LogP contribution in [0.3, 0.4) is 0 Å². The highest BCUT2D eigenvalue weighted by Crippen LogP contribution is 2.19. The minimum atomic E-state index is -0.548. The number of nitrogens with one attached hydrogen (secondary N) is 2. The van der Waals surface area contributed by atoms with Gasteiger partial charge in [0.15, 0.2) is 0 Å². The summed E-state index contributed by atoms with van der Waals surface area (Å²) in [6.07, 6.45) is 0. The molecular formula is C13H20N4OS. The van der Waals surface area contributed by atoms with Crippen LogP contribution in [0, 0.1) is 12.3 Å². The Morgan fingerprint density at radius 1 is 1.47 bits per heavy atom. The van der Waals surface area contributed by atoms with Crippen molar-refractivity contribution in [3.05, 3.63) is 23.4 Å². The first-order valence-corrected chi connectivity index (χ1v) is 6.42. The van der Waals surface area contributed by atoms with Crippen LogP contribution < -0.4 is 16.4 Å². The lowest BCUT2D eigenvalue weighted by Crippen LogP contribution is -2.39. The molecule has 1 amide bonds. The number of anilines is 1. The molecule has 0 aliphatic rings. The molecule has 0 aromatic carbocycles. The zero-order valence-corrected chi connectivity index (χ0v) is 12.5. The Morgan fingerprint density at radius 2 is 2.11 bits per heavy atom. The molecule has 104 valence electrons. The molecule has 0 saturated heterocycles. The number of hydrogen-bond donors (Lipinski definition) is 3. The molecule has 0 spiro atoms. The number of aryl methyl sites for hydroxylation is 1. The lowest BCUT2D eigenvalue weighted by molar-refractivity contribution is -0.128. The Hall–Kier alpha value is -1.69. The topological polar surface area (TPSA) is 80.0 Å². The van der Waals surface area contributed by atoms with Crippen LogP contribution in [0.2, 0.25) is 0 Å². The Balaban J connectivity index is 2.91. The van der Waals surface area contributed by atoms with Gasteiger partial charge < -0.3 is 16.4 Å². The molecule has 0 bridgehead atoms. The molecule has 0 atom stereocenters. The fourth-order valence-corrected chi connectivity index (χ4v) is 1.78. The van der Waals surface area contributed by atoms with Crippen molar-refractivity contribution in [2.24, 2.45) is 11.1 Å². The predicted octanol–water partition coefficient (Wildman–Crippen LogP) is 1.21. The van der Waals surface area contributed by atoms with E-state index in [4.69, 9.17) is 18.0 Å². The van der Waals surface area contributed by atoms with Gasteiger partial charge in [0.05, 0.1) is 11.0 Å². The zero-order chi connectivity index (χ0) is 14.6. The van der Waals surface area contributed by atoms with Gasteiger partial charge in [0, 0.05) is 19.3 Å². The van der Waals surface area contributed by atoms with Crippen molar-refractivity contribution in [2.45, 2.75) is 20.8 Å². The SMILES string of the molecule is CNC(=O)C(C)(C)CNc1nc(C)ccc1C(N)=S. The predicted molar refractivity (Wildman–Crippen MR) is 81.2 cm³/mol. The van der Waals surface area contributed by atoms with Gasteiger partial charge in [0.2, 0.25) is 5.91 Å². The van der Waals surface area contributed by atoms with E-state index >= 15 is 0 Å². The average Bonchev–Trinajstić information content (AvgIpc) is 2.35. The summed E-state index contributed by atoms with van der Waals surface area (Å²) in [5.74, 6) is 0.578. The van der Waals surface area contributed by atoms with Crippen LogP contribution in [0.4, 0.5) is 5.82 Å². The molecule has 0 aliphatic heterocycles. The quantitative estimate of drug-likeness (QED) is 0.706. The molecule has 0 unspecified atom stereocenters. The molecular weight excluding hydrogens is 260 g/mol. The summed E-state index contributed by atoms with van der Waals surface area (Å²) in [7, 11) is 1.62. The van der Waals surface area contributed by atoms with Crippen LogP contribution in [0.25, 0.3) is 0 Å². The summed E-state index contributed by atoms with van der Waals surface area (Å²) in [5, 5.41) is 5.79. The molecule has 0 saturated carbocycles. The third-order valence-electron chi connectivity index (χ3n) is 2.84. The fraction of sp³-hybridized carbons (Fsp3) is 0.462. The van der Waals surface area contributed by atoms with Crippen molar-refractivity contribution in [1.29, 1.82) is 0 Å². The van der Waals surface area contributed by atoms with E-state index < -0.39 is 5.41 Å². The highest BCUT2D eigenvalue weighted by molar-refractivity contribution is 7.80. The first-order valence-electron chi connectivity index (χ1n) is 6.01. The monoisotopic (exact) mass is 280 g/mol. The second kappa shape index (κ2) is 5.97. The number of hydrogen-bond acceptors (Lipinski definition) is 4. The number of nitrogens with two attached hydrogens (primary N) is 1. The van der Waals surface area contributed by atoms with Crippen LogP contribution in [0.15, 0.2) is 12.1 Å². The summed E-state index contributed by atoms with van der Waals surface area (Å²) in [6, 6.07) is 3.68. The number of carbonyl (C=O) groups excluding carboxylic acids is 1. The second-order valence-electron chi connectivity index (χ2n) is 5.03. The number of nitrogens with zero attached hydrogens (tertiary/aromatic N) is 1. The molecule has 0 aliphatic carbocycles. The van der Waals surface area contributed by atoms with Crippen molar-refractivity contribution in [3.8, 4) is 0 Å². The molecule has 0 radical (unpaired) electrons. The van der Waals surface area contributed by atoms with Crippen molar-refractivity contribution in [3.63, 3.8) is 0 Å². The maximum absolute atomic E-state index is 11.7. The molecule has 1 heterocycles. The van der Waals surface area contributed by atoms with Crippen LogP contribution in [-0.4, -0.2) is 29.5 Å². The van der Waals surface area contributed by atoms with Gasteiger partial charge in [-0.1, -0.05) is 12.2 Å². The summed E-state index contributed by atoms with van der Waals surface area (Å²) in [6.45, 7) is 6.04. The standard InChI is InChI=1S/C13H20N4OS/c1-8-5-6-9(10(14)19)11(17-8)16-7-13(2,3)12(18)15-4/h5-6H,7H2,1-4H3,(H2,14,19)(H,15,18)(H,16,17). The zero-order valence-electron chi connectivity index (χ0n) is 11.7. The maximum atomic E-state index is 11.7. The Kier molecular flexibility index (Phi) is 4.83. The van der Waals surface area contributed by atoms with Gasteiger partial charge in [-0.25, -0.2) is 4.98 Å². The van der Waals surface area contributed by atoms with Crippen LogP contribution in [0.5, 0.6) is 0 Å². The van der Waals surface area contributed by atoms with E-state index in [9.17, 15) is 4.79 Å². The summed E-state index contributed by atoms with van der Waals surface area (Å²) < 4.78 is 0. The average molecular weight is 280 g/mol. The van der Waals surface area contributed by atoms with Gasteiger partial charge in [-0.05, 0) is 32.9 Å². The highest BCUT2D eigenvalue weighted by Gasteiger charge is 2.26. The van der Waals surface area contributed by atoms with Gasteiger partial charge in [-0.15, -0.1) is 0 Å². The van der Waals surface area contributed by atoms with Crippen LogP contribution in [0.1, 0.15) is 25.1 Å². The van der Waals surface area contributed by atoms with Crippen LogP contribution in [-0.2, 0) is 4.79 Å². The van der Waals surface area contributed by atoms with Gasteiger partial charge in [-0.2, -0.15) is 0 Å². The lowest BCUT2D eigenvalue weighted by Gasteiger charge is -2.24. The molecule has 1 aromatic rings. The largest absolute Gasteiger partial charge is 0.389 e. The van der Waals surface area contributed by atoms with Gasteiger partial charge in [-0.3, -0.25) is 4.79 Å². The van der Waals surface area contributed by atoms with Crippen molar-refractivity contribution < 1.29 is 4.79 Å². The first kappa shape index (κ1) is 15.4. The van der Waals surface area contributed by atoms with E-state index in [0.717, 1.165) is 5.69 Å². The molecule has 1 rings (SSSR count). The first-order chi connectivity index (χ1) is 8.77. The van der Waals surface area contributed by atoms with Crippen molar-refractivity contribution in [1.82, 2.24) is 10.3 Å². The van der Waals surface area contributed by atoms with E-state index in [1.54, 1.807) is 7.05 Å². The second-order valence-corrected chi connectivity index (χ2v) is 5.47. The van der Waals surface area contributed by atoms with Gasteiger partial charge in [0.1, 0.15) is 10.8 Å². The molecule has 1 aromatic heterocycles. The number of thiocarbonyl (C=S) groups is 1. The number of aromatic nitrogens is 1. The third-order valence-corrected chi connectivity index (χ3v) is 3.06. The Labute approximate surface area is 119 Å². The molecule has 6 heteroatoms. The van der Waals surface area contributed by atoms with E-state index in [-0.39, 0.29) is 10.9 Å². The van der Waals surface area contributed by atoms with E-state index in [2.05, 4.69) is 15.6 Å². The van der Waals surface area contributed by atoms with Gasteiger partial charge >= 0.3 is 0 Å². The summed E-state index contributed by atoms with van der Waals surface area (Å²) in [4.78, 5) is 16.4. The van der Waals surface area contributed by atoms with Crippen molar-refractivity contribution >= 4 is 28.9 Å². The van der Waals surface area contributed by atoms with E-state index in [0.29, 0.717) is 17.9 Å². The number of carbonyl (C=O) groups is 1. The number of amides is 1. The minimum Gasteiger partial charge on any atom is -0.389 e. The fourth-order valence-electron chi connectivity index (χ4n) is 1.61. The molecule has 4 N–H and O–H groups in total. The molecule has 19 heavy (non-hydrogen) atoms. The highest BCUT2D eigenvalue weighted by atomic mass is 32.1. The Morgan fingerprint density at radius 3 is 2.63 bits per heavy atom. The molecule has 5 nitrogen and oxygen atoms in total. The lowest BCUT2D eigenvalue weighted by atomic mass is 9.92. The smallest absolute Gasteiger partial charge is 0.227 e. The summed E-state index contributed by atoms with van der Waals surface area (Å²) in [5.41, 5.74) is 6.66. The molecule has 0 fully saturated rings. The van der Waals surface area contributed by atoms with E-state index in [1.807, 2.05) is 32.9 Å². The summed E-state index contributed by atoms with van der Waals surface area (Å²) >= 11 is 4.99.